The Kier molecular flexibility index (Phi) is 10.7. The summed E-state index contributed by atoms with van der Waals surface area (Å²) in [6, 6.07) is 97.2. The summed E-state index contributed by atoms with van der Waals surface area (Å²) in [6.07, 6.45) is 0. The minimum Gasteiger partial charge on any atom is -0.311 e. The summed E-state index contributed by atoms with van der Waals surface area (Å²) in [6.45, 7) is 0. The first-order chi connectivity index (χ1) is 30.7. The van der Waals surface area contributed by atoms with Gasteiger partial charge in [0.25, 0.3) is 0 Å². The van der Waals surface area contributed by atoms with Gasteiger partial charge in [-0.3, -0.25) is 0 Å². The Balaban J connectivity index is 0.960. The molecule has 0 aliphatic rings. The van der Waals surface area contributed by atoms with Gasteiger partial charge in [0.05, 0.1) is 5.69 Å². The largest absolute Gasteiger partial charge is 0.311 e. The van der Waals surface area contributed by atoms with E-state index in [-0.39, 0.29) is 0 Å². The van der Waals surface area contributed by atoms with Gasteiger partial charge >= 0.3 is 0 Å². The highest BCUT2D eigenvalue weighted by atomic mass is 15.1. The SMILES string of the molecule is c1c(-c2ccccc2)ccc(N(c2ccc(-c3ccccc3)cc2)c2ccc(-c3ccc(N(c4ccc(-c5ccccc5)cc4)c4ccc(-c5ccccc5)cc4)cc3)cc2)c#1. The number of benzene rings is 9. The Morgan fingerprint density at radius 1 is 0.194 bits per heavy atom. The zero-order valence-corrected chi connectivity index (χ0v) is 34.1. The van der Waals surface area contributed by atoms with Crippen LogP contribution in [0.1, 0.15) is 0 Å². The molecule has 0 radical (unpaired) electrons. The second kappa shape index (κ2) is 17.5. The predicted molar refractivity (Wildman–Crippen MR) is 261 cm³/mol. The van der Waals surface area contributed by atoms with E-state index in [9.17, 15) is 0 Å². The average molecular weight is 791 g/mol. The number of rotatable bonds is 11. The van der Waals surface area contributed by atoms with Crippen LogP contribution in [0.4, 0.5) is 34.1 Å². The first-order valence-electron chi connectivity index (χ1n) is 21.0. The summed E-state index contributed by atoms with van der Waals surface area (Å²) in [4.78, 5) is 4.57. The molecule has 10 aromatic carbocycles. The van der Waals surface area contributed by atoms with Gasteiger partial charge in [0.15, 0.2) is 0 Å². The monoisotopic (exact) mass is 790 g/mol. The Hall–Kier alpha value is -8.38. The van der Waals surface area contributed by atoms with E-state index >= 15 is 0 Å². The molecule has 0 bridgehead atoms. The molecule has 0 amide bonds. The van der Waals surface area contributed by atoms with Gasteiger partial charge in [-0.25, -0.2) is 0 Å². The van der Waals surface area contributed by atoms with E-state index in [1.54, 1.807) is 0 Å². The second-order valence-electron chi connectivity index (χ2n) is 15.3. The third-order valence-electron chi connectivity index (χ3n) is 11.3. The van der Waals surface area contributed by atoms with E-state index in [0.717, 1.165) is 56.4 Å². The molecular weight excluding hydrogens is 749 g/mol. The summed E-state index contributed by atoms with van der Waals surface area (Å²) in [5.74, 6) is 0. The van der Waals surface area contributed by atoms with E-state index in [4.69, 9.17) is 0 Å². The maximum absolute atomic E-state index is 3.49. The highest BCUT2D eigenvalue weighted by molar-refractivity contribution is 5.83. The van der Waals surface area contributed by atoms with Crippen LogP contribution in [-0.2, 0) is 0 Å². The fourth-order valence-corrected chi connectivity index (χ4v) is 8.07. The van der Waals surface area contributed by atoms with E-state index in [1.165, 1.54) is 33.4 Å². The Morgan fingerprint density at radius 3 is 0.726 bits per heavy atom. The van der Waals surface area contributed by atoms with Crippen LogP contribution in [0.5, 0.6) is 0 Å². The molecule has 0 spiro atoms. The van der Waals surface area contributed by atoms with Crippen molar-refractivity contribution in [1.29, 1.82) is 0 Å². The molecule has 0 aliphatic carbocycles. The van der Waals surface area contributed by atoms with E-state index in [0.29, 0.717) is 0 Å². The Labute approximate surface area is 364 Å². The second-order valence-corrected chi connectivity index (χ2v) is 15.3. The lowest BCUT2D eigenvalue weighted by atomic mass is 10.0. The van der Waals surface area contributed by atoms with Gasteiger partial charge in [-0.2, -0.15) is 0 Å². The standard InChI is InChI=1S/C60H42N2/c1-5-13-45(14-6-1)49-21-33-55(34-22-49)61(56-35-23-50(24-36-56)46-15-7-2-8-16-46)59-41-29-53(30-42-59)54-31-43-60(44-32-54)62(57-37-25-51(26-38-57)47-17-9-3-10-18-47)58-39-27-52(28-40-58)48-19-11-4-12-20-48/h1-27,29-39,41-44H. The first-order valence-corrected chi connectivity index (χ1v) is 21.0. The van der Waals surface area contributed by atoms with Crippen LogP contribution in [0.15, 0.2) is 255 Å². The number of hydrogen-bond donors (Lipinski definition) is 0. The van der Waals surface area contributed by atoms with Gasteiger partial charge in [0.1, 0.15) is 0 Å². The van der Waals surface area contributed by atoms with Gasteiger partial charge in [0, 0.05) is 34.0 Å². The molecule has 0 N–H and O–H groups in total. The highest BCUT2D eigenvalue weighted by Gasteiger charge is 2.16. The molecule has 0 unspecified atom stereocenters. The number of nitrogens with zero attached hydrogens (tertiary/aromatic N) is 2. The van der Waals surface area contributed by atoms with Crippen LogP contribution in [-0.4, -0.2) is 0 Å². The van der Waals surface area contributed by atoms with Crippen molar-refractivity contribution in [1.82, 2.24) is 0 Å². The predicted octanol–water partition coefficient (Wildman–Crippen LogP) is 16.6. The molecule has 10 rings (SSSR count). The van der Waals surface area contributed by atoms with Crippen molar-refractivity contribution < 1.29 is 0 Å². The molecule has 10 aromatic rings. The summed E-state index contributed by atoms with van der Waals surface area (Å²) in [7, 11) is 0. The fraction of sp³-hybridized carbons (Fsp3) is 0. The van der Waals surface area contributed by atoms with Crippen molar-refractivity contribution in [3.05, 3.63) is 267 Å². The lowest BCUT2D eigenvalue weighted by Crippen LogP contribution is -2.10. The maximum Gasteiger partial charge on any atom is 0.0973 e. The molecule has 0 heterocycles. The molecule has 62 heavy (non-hydrogen) atoms. The highest BCUT2D eigenvalue weighted by Crippen LogP contribution is 2.40. The Morgan fingerprint density at radius 2 is 0.452 bits per heavy atom. The topological polar surface area (TPSA) is 6.48 Å². The third-order valence-corrected chi connectivity index (χ3v) is 11.3. The molecule has 0 aliphatic heterocycles. The van der Waals surface area contributed by atoms with Crippen LogP contribution in [0, 0.1) is 12.1 Å². The van der Waals surface area contributed by atoms with Crippen molar-refractivity contribution in [2.45, 2.75) is 0 Å². The fourth-order valence-electron chi connectivity index (χ4n) is 8.07. The van der Waals surface area contributed by atoms with Gasteiger partial charge in [-0.1, -0.05) is 188 Å². The minimum absolute atomic E-state index is 0.919. The molecule has 0 fully saturated rings. The van der Waals surface area contributed by atoms with Crippen LogP contribution >= 0.6 is 0 Å². The quantitative estimate of drug-likeness (QED) is 0.129. The molecular formula is C60H42N2. The van der Waals surface area contributed by atoms with Gasteiger partial charge in [0.2, 0.25) is 0 Å². The van der Waals surface area contributed by atoms with Crippen molar-refractivity contribution in [3.63, 3.8) is 0 Å². The van der Waals surface area contributed by atoms with Crippen LogP contribution in [0.3, 0.4) is 0 Å². The number of hydrogen-bond acceptors (Lipinski definition) is 2. The normalized spacial score (nSPS) is 10.8. The summed E-state index contributed by atoms with van der Waals surface area (Å²) in [5, 5.41) is 0. The summed E-state index contributed by atoms with van der Waals surface area (Å²) >= 11 is 0. The zero-order valence-electron chi connectivity index (χ0n) is 34.1. The molecule has 0 aromatic heterocycles. The van der Waals surface area contributed by atoms with Gasteiger partial charge in [-0.05, 0) is 129 Å². The smallest absolute Gasteiger partial charge is 0.0973 e. The van der Waals surface area contributed by atoms with E-state index in [1.807, 2.05) is 6.07 Å². The average Bonchev–Trinajstić information content (AvgIpc) is 3.36. The number of anilines is 6. The molecule has 2 heteroatoms. The zero-order chi connectivity index (χ0) is 41.5. The summed E-state index contributed by atoms with van der Waals surface area (Å²) < 4.78 is 0. The van der Waals surface area contributed by atoms with Crippen molar-refractivity contribution in [2.24, 2.45) is 0 Å². The molecule has 292 valence electrons. The molecule has 2 nitrogen and oxygen atoms in total. The maximum atomic E-state index is 3.49. The van der Waals surface area contributed by atoms with Crippen LogP contribution < -0.4 is 9.80 Å². The van der Waals surface area contributed by atoms with Crippen LogP contribution in [0.2, 0.25) is 0 Å². The van der Waals surface area contributed by atoms with Gasteiger partial charge in [-0.15, -0.1) is 0 Å². The third kappa shape index (κ3) is 8.12. The lowest BCUT2D eigenvalue weighted by Gasteiger charge is -2.26. The van der Waals surface area contributed by atoms with Crippen LogP contribution in [0.25, 0.3) is 55.6 Å². The first kappa shape index (κ1) is 37.9. The molecule has 0 saturated carbocycles. The van der Waals surface area contributed by atoms with Gasteiger partial charge < -0.3 is 9.80 Å². The minimum atomic E-state index is 0.919. The van der Waals surface area contributed by atoms with Crippen molar-refractivity contribution in [2.75, 3.05) is 9.80 Å². The van der Waals surface area contributed by atoms with Crippen molar-refractivity contribution >= 4 is 34.1 Å². The summed E-state index contributed by atoms with van der Waals surface area (Å²) in [5.41, 5.74) is 17.9. The van der Waals surface area contributed by atoms with E-state index < -0.39 is 0 Å². The lowest BCUT2D eigenvalue weighted by molar-refractivity contribution is 1.28. The Bertz CT molecular complexity index is 2590. The molecule has 0 saturated heterocycles. The molecule has 0 atom stereocenters. The van der Waals surface area contributed by atoms with Crippen molar-refractivity contribution in [3.8, 4) is 55.6 Å². The van der Waals surface area contributed by atoms with E-state index in [2.05, 4.69) is 271 Å².